The van der Waals surface area contributed by atoms with Crippen molar-refractivity contribution in [3.8, 4) is 0 Å². The second kappa shape index (κ2) is 7.34. The average molecular weight is 389 g/mol. The molecule has 0 aromatic carbocycles. The molecule has 7 nitrogen and oxygen atoms in total. The van der Waals surface area contributed by atoms with Gasteiger partial charge in [-0.3, -0.25) is 4.84 Å². The van der Waals surface area contributed by atoms with Gasteiger partial charge < -0.3 is 20.0 Å². The van der Waals surface area contributed by atoms with Gasteiger partial charge in [0.15, 0.2) is 3.79 Å². The first-order chi connectivity index (χ1) is 10.3. The van der Waals surface area contributed by atoms with Gasteiger partial charge in [-0.25, -0.2) is 4.79 Å². The summed E-state index contributed by atoms with van der Waals surface area (Å²) in [6.07, 6.45) is 0.0212. The van der Waals surface area contributed by atoms with Crippen LogP contribution in [0.15, 0.2) is 12.2 Å². The number of ether oxygens (including phenoxy) is 1. The lowest BCUT2D eigenvalue weighted by molar-refractivity contribution is -0.254. The number of nitrogens with one attached hydrogen (secondary N) is 2. The molecule has 2 atom stereocenters. The van der Waals surface area contributed by atoms with Crippen LogP contribution in [0.2, 0.25) is 0 Å². The second-order valence-electron chi connectivity index (χ2n) is 6.09. The minimum absolute atomic E-state index is 0.212. The van der Waals surface area contributed by atoms with Gasteiger partial charge >= 0.3 is 6.09 Å². The van der Waals surface area contributed by atoms with Crippen LogP contribution in [0.25, 0.3) is 0 Å². The van der Waals surface area contributed by atoms with Crippen LogP contribution < -0.4 is 15.9 Å². The summed E-state index contributed by atoms with van der Waals surface area (Å²) in [5, 5.41) is 13.1. The molecule has 1 rings (SSSR count). The highest BCUT2D eigenvalue weighted by Gasteiger charge is 2.46. The Morgan fingerprint density at radius 1 is 1.35 bits per heavy atom. The summed E-state index contributed by atoms with van der Waals surface area (Å²) in [6.45, 7) is 5.07. The van der Waals surface area contributed by atoms with Crippen molar-refractivity contribution in [1.82, 2.24) is 10.8 Å². The van der Waals surface area contributed by atoms with Crippen LogP contribution >= 0.6 is 34.8 Å². The monoisotopic (exact) mass is 387 g/mol. The number of carbonyl (C=O) groups excluding carboxylic acids is 2. The lowest BCUT2D eigenvalue weighted by Gasteiger charge is -2.38. The molecule has 2 N–H and O–H groups in total. The van der Waals surface area contributed by atoms with E-state index in [1.54, 1.807) is 26.8 Å². The summed E-state index contributed by atoms with van der Waals surface area (Å²) in [6, 6.07) is 0. The lowest BCUT2D eigenvalue weighted by Crippen LogP contribution is -2.60. The third kappa shape index (κ3) is 7.03. The van der Waals surface area contributed by atoms with Gasteiger partial charge in [-0.1, -0.05) is 47.0 Å². The SMILES string of the molecule is CC(C)(C)OC(=O)NOC1CC=CC1(CC(Cl)(Cl)Cl)NC(=O)[O-]. The Bertz CT molecular complexity index is 487. The quantitative estimate of drug-likeness (QED) is 0.437. The zero-order valence-electron chi connectivity index (χ0n) is 12.8. The average Bonchev–Trinajstić information content (AvgIpc) is 2.62. The molecule has 0 saturated carbocycles. The highest BCUT2D eigenvalue weighted by molar-refractivity contribution is 6.67. The van der Waals surface area contributed by atoms with Crippen molar-refractivity contribution in [1.29, 1.82) is 0 Å². The Kier molecular flexibility index (Phi) is 6.43. The van der Waals surface area contributed by atoms with E-state index in [1.807, 2.05) is 0 Å². The van der Waals surface area contributed by atoms with E-state index < -0.39 is 33.2 Å². The molecule has 0 aromatic heterocycles. The molecule has 132 valence electrons. The fourth-order valence-electron chi connectivity index (χ4n) is 2.15. The molecule has 0 fully saturated rings. The molecule has 0 aromatic rings. The molecule has 10 heteroatoms. The van der Waals surface area contributed by atoms with Gasteiger partial charge in [0.1, 0.15) is 17.8 Å². The minimum atomic E-state index is -1.75. The number of hydrogen-bond acceptors (Lipinski definition) is 5. The normalized spacial score (nSPS) is 24.3. The van der Waals surface area contributed by atoms with E-state index in [9.17, 15) is 14.7 Å². The summed E-state index contributed by atoms with van der Waals surface area (Å²) in [4.78, 5) is 27.8. The zero-order chi connectivity index (χ0) is 17.9. The molecule has 23 heavy (non-hydrogen) atoms. The number of hydroxylamine groups is 1. The first-order valence-corrected chi connectivity index (χ1v) is 7.85. The summed E-state index contributed by atoms with van der Waals surface area (Å²) in [5.74, 6) is 0. The van der Waals surface area contributed by atoms with Crippen molar-refractivity contribution in [2.45, 2.75) is 54.6 Å². The van der Waals surface area contributed by atoms with E-state index in [0.717, 1.165) is 0 Å². The molecule has 0 heterocycles. The number of carbonyl (C=O) groups is 2. The smallest absolute Gasteiger partial charge is 0.431 e. The van der Waals surface area contributed by atoms with Crippen molar-refractivity contribution in [3.05, 3.63) is 12.2 Å². The first-order valence-electron chi connectivity index (χ1n) is 6.71. The van der Waals surface area contributed by atoms with Gasteiger partial charge in [-0.15, -0.1) is 0 Å². The molecular weight excluding hydrogens is 371 g/mol. The van der Waals surface area contributed by atoms with Crippen LogP contribution in [0.5, 0.6) is 0 Å². The molecule has 2 amide bonds. The summed E-state index contributed by atoms with van der Waals surface area (Å²) < 4.78 is 3.28. The predicted molar refractivity (Wildman–Crippen MR) is 84.2 cm³/mol. The van der Waals surface area contributed by atoms with E-state index in [-0.39, 0.29) is 12.8 Å². The van der Waals surface area contributed by atoms with E-state index in [2.05, 4.69) is 10.8 Å². The molecule has 0 spiro atoms. The van der Waals surface area contributed by atoms with Crippen LogP contribution in [0, 0.1) is 0 Å². The number of alkyl halides is 3. The van der Waals surface area contributed by atoms with E-state index in [4.69, 9.17) is 44.4 Å². The topological polar surface area (TPSA) is 99.7 Å². The van der Waals surface area contributed by atoms with Crippen molar-refractivity contribution in [2.75, 3.05) is 0 Å². The number of hydrogen-bond donors (Lipinski definition) is 2. The third-order valence-electron chi connectivity index (χ3n) is 2.85. The second-order valence-corrected chi connectivity index (χ2v) is 8.61. The van der Waals surface area contributed by atoms with E-state index in [0.29, 0.717) is 0 Å². The maximum Gasteiger partial charge on any atom is 0.431 e. The van der Waals surface area contributed by atoms with Gasteiger partial charge in [-0.05, 0) is 27.2 Å². The van der Waals surface area contributed by atoms with Crippen molar-refractivity contribution in [3.63, 3.8) is 0 Å². The Hall–Kier alpha value is -0.890. The van der Waals surface area contributed by atoms with Crippen LogP contribution in [0.1, 0.15) is 33.6 Å². The van der Waals surface area contributed by atoms with Gasteiger partial charge in [0.05, 0.1) is 5.54 Å². The summed E-state index contributed by atoms with van der Waals surface area (Å²) in [5.41, 5.74) is 0.0540. The van der Waals surface area contributed by atoms with E-state index in [1.165, 1.54) is 6.08 Å². The van der Waals surface area contributed by atoms with E-state index >= 15 is 0 Å². The van der Waals surface area contributed by atoms with Crippen LogP contribution in [0.4, 0.5) is 9.59 Å². The molecule has 0 bridgehead atoms. The Morgan fingerprint density at radius 3 is 2.43 bits per heavy atom. The molecule has 1 aliphatic carbocycles. The number of amides is 2. The van der Waals surface area contributed by atoms with Gasteiger partial charge in [0.2, 0.25) is 0 Å². The van der Waals surface area contributed by atoms with Gasteiger partial charge in [0.25, 0.3) is 0 Å². The highest BCUT2D eigenvalue weighted by atomic mass is 35.6. The molecule has 0 aliphatic heterocycles. The molecule has 0 saturated heterocycles. The maximum absolute atomic E-state index is 11.6. The Morgan fingerprint density at radius 2 is 1.96 bits per heavy atom. The standard InChI is InChI=1S/C13H19Cl3N2O5/c1-11(2,3)22-10(21)18-23-8-5-4-6-12(8,17-9(19)20)7-13(14,15)16/h4,6,8,17H,5,7H2,1-3H3,(H,18,21)(H,19,20)/p-1. The van der Waals surface area contributed by atoms with Crippen LogP contribution in [-0.4, -0.2) is 33.2 Å². The fraction of sp³-hybridized carbons (Fsp3) is 0.692. The number of rotatable bonds is 4. The highest BCUT2D eigenvalue weighted by Crippen LogP contribution is 2.40. The van der Waals surface area contributed by atoms with Crippen LogP contribution in [-0.2, 0) is 9.57 Å². The largest absolute Gasteiger partial charge is 0.530 e. The zero-order valence-corrected chi connectivity index (χ0v) is 15.1. The molecule has 0 radical (unpaired) electrons. The Balaban J connectivity index is 2.79. The molecular formula is C13H18Cl3N2O5-. The predicted octanol–water partition coefficient (Wildman–Crippen LogP) is 2.20. The molecule has 2 unspecified atom stereocenters. The minimum Gasteiger partial charge on any atom is -0.530 e. The van der Waals surface area contributed by atoms with Crippen molar-refractivity contribution < 1.29 is 24.3 Å². The summed E-state index contributed by atoms with van der Waals surface area (Å²) >= 11 is 17.3. The first kappa shape index (κ1) is 20.2. The fourth-order valence-corrected chi connectivity index (χ4v) is 2.82. The van der Waals surface area contributed by atoms with Gasteiger partial charge in [0, 0.05) is 6.42 Å². The van der Waals surface area contributed by atoms with Gasteiger partial charge in [-0.2, -0.15) is 5.48 Å². The maximum atomic E-state index is 11.6. The van der Waals surface area contributed by atoms with Crippen molar-refractivity contribution in [2.24, 2.45) is 0 Å². The number of halogens is 3. The summed E-state index contributed by atoms with van der Waals surface area (Å²) in [7, 11) is 0. The Labute approximate surface area is 149 Å². The third-order valence-corrected chi connectivity index (χ3v) is 3.25. The molecule has 1 aliphatic rings. The van der Waals surface area contributed by atoms with Crippen LogP contribution in [0.3, 0.4) is 0 Å². The lowest BCUT2D eigenvalue weighted by atomic mass is 9.92. The number of carboxylic acid groups (broad SMARTS) is 1. The van der Waals surface area contributed by atoms with Crippen molar-refractivity contribution >= 4 is 47.0 Å².